The van der Waals surface area contributed by atoms with Gasteiger partial charge in [-0.15, -0.1) is 0 Å². The summed E-state index contributed by atoms with van der Waals surface area (Å²) in [5.41, 5.74) is 3.22. The summed E-state index contributed by atoms with van der Waals surface area (Å²) in [6.07, 6.45) is 1.47. The number of ketones is 1. The zero-order chi connectivity index (χ0) is 21.0. The van der Waals surface area contributed by atoms with E-state index in [0.29, 0.717) is 12.2 Å². The molecule has 3 rings (SSSR count). The molecular weight excluding hydrogens is 392 g/mol. The van der Waals surface area contributed by atoms with Gasteiger partial charge in [-0.1, -0.05) is 11.6 Å². The first-order chi connectivity index (χ1) is 13.9. The average molecular weight is 413 g/mol. The minimum Gasteiger partial charge on any atom is -0.494 e. The molecular formula is C22H21ClN2O4. The Balaban J connectivity index is 1.76. The van der Waals surface area contributed by atoms with Crippen molar-refractivity contribution in [2.75, 3.05) is 13.2 Å². The van der Waals surface area contributed by atoms with Crippen LogP contribution in [-0.4, -0.2) is 34.5 Å². The summed E-state index contributed by atoms with van der Waals surface area (Å²) in [6.45, 7) is 5.93. The molecule has 2 aromatic heterocycles. The number of Topliss-reactive ketones (excluding diaryl/α,β-unsaturated/α-hetero) is 1. The molecule has 0 N–H and O–H groups in total. The quantitative estimate of drug-likeness (QED) is 0.322. The van der Waals surface area contributed by atoms with E-state index in [0.717, 1.165) is 22.8 Å². The van der Waals surface area contributed by atoms with E-state index in [9.17, 15) is 9.59 Å². The maximum atomic E-state index is 12.7. The van der Waals surface area contributed by atoms with Crippen molar-refractivity contribution in [3.8, 4) is 11.4 Å². The second-order valence-corrected chi connectivity index (χ2v) is 6.75. The number of rotatable bonds is 7. The lowest BCUT2D eigenvalue weighted by Crippen LogP contribution is -2.15. The number of nitrogens with zero attached hydrogens (tertiary/aromatic N) is 2. The van der Waals surface area contributed by atoms with Crippen LogP contribution in [0.2, 0.25) is 5.15 Å². The van der Waals surface area contributed by atoms with Crippen LogP contribution in [0.1, 0.15) is 39.0 Å². The Morgan fingerprint density at radius 3 is 2.48 bits per heavy atom. The van der Waals surface area contributed by atoms with Gasteiger partial charge in [0.25, 0.3) is 0 Å². The molecule has 0 fully saturated rings. The first-order valence-electron chi connectivity index (χ1n) is 9.15. The third-order valence-electron chi connectivity index (χ3n) is 4.45. The molecule has 1 aromatic carbocycles. The van der Waals surface area contributed by atoms with Crippen LogP contribution in [0, 0.1) is 13.8 Å². The highest BCUT2D eigenvalue weighted by molar-refractivity contribution is 6.32. The number of aryl methyl sites for hydroxylation is 1. The van der Waals surface area contributed by atoms with Crippen LogP contribution < -0.4 is 4.74 Å². The van der Waals surface area contributed by atoms with Gasteiger partial charge in [-0.2, -0.15) is 0 Å². The van der Waals surface area contributed by atoms with Gasteiger partial charge in [0.1, 0.15) is 10.9 Å². The van der Waals surface area contributed by atoms with E-state index in [1.165, 1.54) is 12.3 Å². The Kier molecular flexibility index (Phi) is 6.34. The smallest absolute Gasteiger partial charge is 0.341 e. The van der Waals surface area contributed by atoms with Gasteiger partial charge in [0, 0.05) is 28.8 Å². The summed E-state index contributed by atoms with van der Waals surface area (Å²) in [5.74, 6) is -0.184. The van der Waals surface area contributed by atoms with Crippen molar-refractivity contribution < 1.29 is 19.1 Å². The number of benzene rings is 1. The van der Waals surface area contributed by atoms with Crippen molar-refractivity contribution >= 4 is 23.4 Å². The molecule has 0 saturated heterocycles. The number of hydrogen-bond acceptors (Lipinski definition) is 5. The van der Waals surface area contributed by atoms with E-state index in [1.807, 2.05) is 49.6 Å². The normalized spacial score (nSPS) is 10.6. The first-order valence-corrected chi connectivity index (χ1v) is 9.53. The predicted octanol–water partition coefficient (Wildman–Crippen LogP) is 4.58. The van der Waals surface area contributed by atoms with Gasteiger partial charge in [0.05, 0.1) is 12.2 Å². The third-order valence-corrected chi connectivity index (χ3v) is 4.75. The third kappa shape index (κ3) is 4.49. The zero-order valence-electron chi connectivity index (χ0n) is 16.4. The fraction of sp³-hybridized carbons (Fsp3) is 0.227. The van der Waals surface area contributed by atoms with Gasteiger partial charge in [0.2, 0.25) is 5.78 Å². The second-order valence-electron chi connectivity index (χ2n) is 6.39. The van der Waals surface area contributed by atoms with Crippen molar-refractivity contribution in [1.82, 2.24) is 9.55 Å². The van der Waals surface area contributed by atoms with Crippen LogP contribution in [0.3, 0.4) is 0 Å². The van der Waals surface area contributed by atoms with E-state index >= 15 is 0 Å². The van der Waals surface area contributed by atoms with Crippen molar-refractivity contribution in [2.24, 2.45) is 0 Å². The Morgan fingerprint density at radius 2 is 1.83 bits per heavy atom. The van der Waals surface area contributed by atoms with E-state index in [1.54, 1.807) is 12.1 Å². The minimum absolute atomic E-state index is 0.0404. The Morgan fingerprint density at radius 1 is 1.10 bits per heavy atom. The average Bonchev–Trinajstić information content (AvgIpc) is 3.01. The highest BCUT2D eigenvalue weighted by atomic mass is 35.5. The standard InChI is InChI=1S/C22H21ClN2O4/c1-4-28-17-9-7-16(8-10-17)25-14(2)12-19(15(25)3)20(26)13-29-22(27)18-6-5-11-24-21(18)23/h5-12H,4,13H2,1-3H3. The van der Waals surface area contributed by atoms with Gasteiger partial charge in [-0.3, -0.25) is 4.79 Å². The van der Waals surface area contributed by atoms with Crippen molar-refractivity contribution in [2.45, 2.75) is 20.8 Å². The molecule has 0 saturated carbocycles. The Bertz CT molecular complexity index is 1040. The largest absolute Gasteiger partial charge is 0.494 e. The molecule has 150 valence electrons. The molecule has 0 aliphatic rings. The molecule has 7 heteroatoms. The summed E-state index contributed by atoms with van der Waals surface area (Å²) in [7, 11) is 0. The molecule has 0 atom stereocenters. The molecule has 3 aromatic rings. The number of halogens is 1. The fourth-order valence-corrected chi connectivity index (χ4v) is 3.32. The molecule has 2 heterocycles. The Labute approximate surface area is 174 Å². The van der Waals surface area contributed by atoms with Crippen LogP contribution in [0.4, 0.5) is 0 Å². The van der Waals surface area contributed by atoms with Gasteiger partial charge >= 0.3 is 5.97 Å². The SMILES string of the molecule is CCOc1ccc(-n2c(C)cc(C(=O)COC(=O)c3cccnc3Cl)c2C)cc1. The lowest BCUT2D eigenvalue weighted by molar-refractivity contribution is 0.0474. The van der Waals surface area contributed by atoms with Crippen LogP contribution >= 0.6 is 11.6 Å². The number of aromatic nitrogens is 2. The predicted molar refractivity (Wildman–Crippen MR) is 110 cm³/mol. The number of hydrogen-bond donors (Lipinski definition) is 0. The highest BCUT2D eigenvalue weighted by Crippen LogP contribution is 2.23. The number of carbonyl (C=O) groups is 2. The van der Waals surface area contributed by atoms with Gasteiger partial charge in [-0.25, -0.2) is 9.78 Å². The van der Waals surface area contributed by atoms with Crippen molar-refractivity contribution in [3.05, 3.63) is 76.3 Å². The maximum Gasteiger partial charge on any atom is 0.341 e. The lowest BCUT2D eigenvalue weighted by Gasteiger charge is -2.11. The second kappa shape index (κ2) is 8.92. The van der Waals surface area contributed by atoms with Crippen molar-refractivity contribution in [1.29, 1.82) is 0 Å². The summed E-state index contributed by atoms with van der Waals surface area (Å²) in [4.78, 5) is 28.6. The minimum atomic E-state index is -0.684. The van der Waals surface area contributed by atoms with E-state index < -0.39 is 5.97 Å². The van der Waals surface area contributed by atoms with E-state index in [4.69, 9.17) is 21.1 Å². The summed E-state index contributed by atoms with van der Waals surface area (Å²) < 4.78 is 12.6. The van der Waals surface area contributed by atoms with Gasteiger partial charge in [0.15, 0.2) is 6.61 Å². The molecule has 6 nitrogen and oxygen atoms in total. The maximum absolute atomic E-state index is 12.7. The summed E-state index contributed by atoms with van der Waals surface area (Å²) in [5, 5.41) is 0.0404. The Hall–Kier alpha value is -3.12. The molecule has 0 spiro atoms. The molecule has 0 aliphatic heterocycles. The number of carbonyl (C=O) groups excluding carboxylic acids is 2. The molecule has 0 unspecified atom stereocenters. The van der Waals surface area contributed by atoms with Crippen LogP contribution in [0.5, 0.6) is 5.75 Å². The number of ether oxygens (including phenoxy) is 2. The van der Waals surface area contributed by atoms with Crippen LogP contribution in [0.15, 0.2) is 48.7 Å². The fourth-order valence-electron chi connectivity index (χ4n) is 3.13. The molecule has 29 heavy (non-hydrogen) atoms. The molecule has 0 radical (unpaired) electrons. The van der Waals surface area contributed by atoms with Crippen LogP contribution in [0.25, 0.3) is 5.69 Å². The lowest BCUT2D eigenvalue weighted by atomic mass is 10.1. The van der Waals surface area contributed by atoms with Crippen molar-refractivity contribution in [3.63, 3.8) is 0 Å². The first kappa shape index (κ1) is 20.6. The summed E-state index contributed by atoms with van der Waals surface area (Å²) in [6, 6.07) is 12.5. The molecule has 0 aliphatic carbocycles. The summed E-state index contributed by atoms with van der Waals surface area (Å²) >= 11 is 5.89. The monoisotopic (exact) mass is 412 g/mol. The molecule has 0 bridgehead atoms. The van der Waals surface area contributed by atoms with Gasteiger partial charge in [-0.05, 0) is 63.2 Å². The van der Waals surface area contributed by atoms with Crippen LogP contribution in [-0.2, 0) is 4.74 Å². The topological polar surface area (TPSA) is 70.4 Å². The van der Waals surface area contributed by atoms with E-state index in [2.05, 4.69) is 4.98 Å². The number of pyridine rings is 1. The highest BCUT2D eigenvalue weighted by Gasteiger charge is 2.19. The van der Waals surface area contributed by atoms with Gasteiger partial charge < -0.3 is 14.0 Å². The number of esters is 1. The van der Waals surface area contributed by atoms with E-state index in [-0.39, 0.29) is 23.1 Å². The molecule has 0 amide bonds. The zero-order valence-corrected chi connectivity index (χ0v) is 17.2.